The highest BCUT2D eigenvalue weighted by atomic mass is 19.3. The normalized spacial score (nSPS) is 17.3. The van der Waals surface area contributed by atoms with E-state index in [1.165, 1.54) is 54.2 Å². The number of nitriles is 1. The number of hydrogen-bond donors (Lipinski definition) is 1. The molecule has 1 aromatic carbocycles. The number of carbonyl (C=O) groups is 1. The summed E-state index contributed by atoms with van der Waals surface area (Å²) in [5, 5.41) is 12.4. The molecule has 166 valence electrons. The van der Waals surface area contributed by atoms with Crippen LogP contribution in [0.4, 0.5) is 8.78 Å². The third kappa shape index (κ3) is 4.08. The Morgan fingerprint density at radius 1 is 1.38 bits per heavy atom. The zero-order valence-electron chi connectivity index (χ0n) is 22.9. The fourth-order valence-electron chi connectivity index (χ4n) is 3.29. The number of ether oxygens (including phenoxy) is 2. The molecule has 0 bridgehead atoms. The minimum absolute atomic E-state index is 0.0313. The zero-order chi connectivity index (χ0) is 28.0. The molecule has 1 fully saturated rings. The van der Waals surface area contributed by atoms with Crippen molar-refractivity contribution in [1.29, 1.82) is 5.26 Å². The lowest BCUT2D eigenvalue weighted by molar-refractivity contribution is -0.0502. The number of pyridine rings is 1. The number of aromatic nitrogens is 2. The van der Waals surface area contributed by atoms with Gasteiger partial charge in [0.2, 0.25) is 0 Å². The van der Waals surface area contributed by atoms with Crippen molar-refractivity contribution in [3.63, 3.8) is 0 Å². The van der Waals surface area contributed by atoms with Crippen LogP contribution in [-0.2, 0) is 5.41 Å². The number of imidazole rings is 1. The number of fused-ring (bicyclic) bond motifs is 1. The summed E-state index contributed by atoms with van der Waals surface area (Å²) in [6, 6.07) is 6.45. The molecule has 0 unspecified atom stereocenters. The summed E-state index contributed by atoms with van der Waals surface area (Å²) in [6.45, 7) is -9.61. The van der Waals surface area contributed by atoms with Gasteiger partial charge in [0.05, 0.1) is 30.5 Å². The highest BCUT2D eigenvalue weighted by molar-refractivity contribution is 6.01. The van der Waals surface area contributed by atoms with Crippen LogP contribution < -0.4 is 14.8 Å². The Morgan fingerprint density at radius 2 is 2.12 bits per heavy atom. The monoisotopic (exact) mass is 446 g/mol. The smallest absolute Gasteiger partial charge is 0.387 e. The van der Waals surface area contributed by atoms with Gasteiger partial charge in [0.15, 0.2) is 0 Å². The van der Waals surface area contributed by atoms with Crippen molar-refractivity contribution in [3.8, 4) is 28.8 Å². The summed E-state index contributed by atoms with van der Waals surface area (Å²) in [5.41, 5.74) is -2.63. The number of carbonyl (C=O) groups excluding carboxylic acids is 1. The Labute approximate surface area is 192 Å². The fourth-order valence-corrected chi connectivity index (χ4v) is 3.29. The molecule has 4 rings (SSSR count). The van der Waals surface area contributed by atoms with Gasteiger partial charge in [0, 0.05) is 26.0 Å². The lowest BCUT2D eigenvalue weighted by Gasteiger charge is -2.17. The number of halogens is 2. The Balaban J connectivity index is 1.86. The van der Waals surface area contributed by atoms with Crippen LogP contribution in [0, 0.1) is 11.3 Å². The van der Waals surface area contributed by atoms with Crippen LogP contribution >= 0.6 is 0 Å². The van der Waals surface area contributed by atoms with Crippen LogP contribution in [0.15, 0.2) is 36.7 Å². The van der Waals surface area contributed by atoms with E-state index in [1.807, 2.05) is 0 Å². The zero-order valence-corrected chi connectivity index (χ0v) is 16.9. The van der Waals surface area contributed by atoms with E-state index in [4.69, 9.17) is 13.0 Å². The van der Waals surface area contributed by atoms with Gasteiger partial charge in [-0.05, 0) is 56.4 Å². The van der Waals surface area contributed by atoms with E-state index in [0.29, 0.717) is 5.69 Å². The van der Waals surface area contributed by atoms with Crippen LogP contribution in [0.5, 0.6) is 11.5 Å². The second kappa shape index (κ2) is 8.11. The van der Waals surface area contributed by atoms with Gasteiger partial charge in [0.25, 0.3) is 5.91 Å². The van der Waals surface area contributed by atoms with Gasteiger partial charge in [-0.1, -0.05) is 0 Å². The van der Waals surface area contributed by atoms with E-state index < -0.39 is 37.4 Å². The molecule has 3 aromatic rings. The molecule has 0 radical (unpaired) electrons. The molecule has 0 saturated heterocycles. The fraction of sp³-hybridized carbons (Fsp3) is 0.348. The Morgan fingerprint density at radius 3 is 2.75 bits per heavy atom. The molecular weight excluding hydrogens is 418 g/mol. The summed E-state index contributed by atoms with van der Waals surface area (Å²) in [4.78, 5) is 17.0. The maximum absolute atomic E-state index is 13.3. The van der Waals surface area contributed by atoms with Gasteiger partial charge in [-0.2, -0.15) is 14.0 Å². The van der Waals surface area contributed by atoms with Crippen molar-refractivity contribution < 1.29 is 31.3 Å². The first-order chi connectivity index (χ1) is 17.7. The quantitative estimate of drug-likeness (QED) is 0.584. The maximum atomic E-state index is 13.3. The number of amides is 1. The minimum Gasteiger partial charge on any atom is -0.496 e. The third-order valence-electron chi connectivity index (χ3n) is 5.05. The predicted molar refractivity (Wildman–Crippen MR) is 113 cm³/mol. The molecule has 2 heterocycles. The first-order valence-electron chi connectivity index (χ1n) is 12.6. The molecular formula is C23H22F2N4O3. The molecule has 1 amide bonds. The molecule has 2 aromatic heterocycles. The van der Waals surface area contributed by atoms with E-state index in [-0.39, 0.29) is 34.1 Å². The first kappa shape index (κ1) is 15.2. The van der Waals surface area contributed by atoms with Crippen molar-refractivity contribution in [3.05, 3.63) is 47.8 Å². The van der Waals surface area contributed by atoms with Gasteiger partial charge in [0.1, 0.15) is 22.7 Å². The number of nitrogens with zero attached hydrogens (tertiary/aromatic N) is 3. The predicted octanol–water partition coefficient (Wildman–Crippen LogP) is 4.30. The number of benzene rings is 1. The number of alkyl halides is 2. The highest BCUT2D eigenvalue weighted by Gasteiger charge is 2.29. The van der Waals surface area contributed by atoms with Gasteiger partial charge in [-0.25, -0.2) is 4.98 Å². The van der Waals surface area contributed by atoms with Crippen molar-refractivity contribution in [2.75, 3.05) is 7.11 Å². The molecule has 0 aliphatic heterocycles. The second-order valence-electron chi connectivity index (χ2n) is 7.33. The summed E-state index contributed by atoms with van der Waals surface area (Å²) >= 11 is 0. The standard InChI is InChI=1S/C23H22F2N4O3/c1-23(2,12-26)14-6-7-29-16(11-27-19(29)10-14)13-8-17(31-3)20(18(9-13)32-22(24)25)21(30)28-15-4-5-15/h6-11,15,22H,4-5H2,1-3H3,(H,28,30)/i1D3,2D3. The molecule has 1 aliphatic rings. The van der Waals surface area contributed by atoms with Crippen LogP contribution in [0.2, 0.25) is 0 Å². The molecule has 1 aliphatic carbocycles. The average molecular weight is 446 g/mol. The topological polar surface area (TPSA) is 88.7 Å². The lowest BCUT2D eigenvalue weighted by Crippen LogP contribution is -2.26. The van der Waals surface area contributed by atoms with Crippen LogP contribution in [-0.4, -0.2) is 35.1 Å². The summed E-state index contributed by atoms with van der Waals surface area (Å²) in [7, 11) is 1.27. The van der Waals surface area contributed by atoms with Crippen molar-refractivity contribution >= 4 is 11.6 Å². The van der Waals surface area contributed by atoms with Crippen LogP contribution in [0.25, 0.3) is 16.9 Å². The molecule has 1 N–H and O–H groups in total. The van der Waals surface area contributed by atoms with Gasteiger partial charge < -0.3 is 14.8 Å². The number of nitrogens with one attached hydrogen (secondary N) is 1. The van der Waals surface area contributed by atoms with Crippen LogP contribution in [0.3, 0.4) is 0 Å². The number of methoxy groups -OCH3 is 1. The highest BCUT2D eigenvalue weighted by Crippen LogP contribution is 2.37. The van der Waals surface area contributed by atoms with Crippen molar-refractivity contribution in [1.82, 2.24) is 14.7 Å². The van der Waals surface area contributed by atoms with E-state index in [1.54, 1.807) is 0 Å². The molecule has 0 spiro atoms. The molecule has 0 atom stereocenters. The molecule has 7 nitrogen and oxygen atoms in total. The third-order valence-corrected chi connectivity index (χ3v) is 5.05. The van der Waals surface area contributed by atoms with Crippen molar-refractivity contribution in [2.24, 2.45) is 0 Å². The van der Waals surface area contributed by atoms with Crippen LogP contribution in [0.1, 0.15) is 50.7 Å². The van der Waals surface area contributed by atoms with E-state index >= 15 is 0 Å². The van der Waals surface area contributed by atoms with Gasteiger partial charge in [-0.3, -0.25) is 9.20 Å². The Kier molecular flexibility index (Phi) is 3.85. The van der Waals surface area contributed by atoms with Gasteiger partial charge >= 0.3 is 6.61 Å². The lowest BCUT2D eigenvalue weighted by atomic mass is 9.87. The summed E-state index contributed by atoms with van der Waals surface area (Å²) in [5.74, 6) is -1.08. The number of rotatable bonds is 7. The summed E-state index contributed by atoms with van der Waals surface area (Å²) in [6.07, 6.45) is 4.21. The second-order valence-corrected chi connectivity index (χ2v) is 7.33. The number of hydrogen-bond acceptors (Lipinski definition) is 5. The van der Waals surface area contributed by atoms with E-state index in [9.17, 15) is 18.8 Å². The van der Waals surface area contributed by atoms with Crippen molar-refractivity contribution in [2.45, 2.75) is 44.6 Å². The minimum atomic E-state index is -3.23. The van der Waals surface area contributed by atoms with E-state index in [0.717, 1.165) is 12.8 Å². The largest absolute Gasteiger partial charge is 0.496 e. The maximum Gasteiger partial charge on any atom is 0.387 e. The first-order valence-corrected chi connectivity index (χ1v) is 9.60. The Bertz CT molecular complexity index is 1410. The molecule has 1 saturated carbocycles. The Hall–Kier alpha value is -3.67. The summed E-state index contributed by atoms with van der Waals surface area (Å²) < 4.78 is 84.7. The molecule has 9 heteroatoms. The van der Waals surface area contributed by atoms with Gasteiger partial charge in [-0.15, -0.1) is 0 Å². The molecule has 32 heavy (non-hydrogen) atoms. The SMILES string of the molecule is [2H]C([2H])([2H])C(C#N)(c1ccn2c(-c3cc(OC)c(C(=O)NC4CC4)c(OC(F)F)c3)cnc2c1)C([2H])([2H])[2H]. The van der Waals surface area contributed by atoms with E-state index in [2.05, 4.69) is 15.0 Å². The average Bonchev–Trinajstić information content (AvgIpc) is 3.52.